The molecule has 6 heteroatoms. The number of nitrogens with one attached hydrogen (secondary N) is 2. The summed E-state index contributed by atoms with van der Waals surface area (Å²) in [6.07, 6.45) is 3.97. The van der Waals surface area contributed by atoms with Crippen LogP contribution >= 0.6 is 11.6 Å². The van der Waals surface area contributed by atoms with E-state index in [9.17, 15) is 0 Å². The van der Waals surface area contributed by atoms with Gasteiger partial charge in [-0.2, -0.15) is 0 Å². The molecule has 0 amide bonds. The summed E-state index contributed by atoms with van der Waals surface area (Å²) in [4.78, 5) is 6.75. The van der Waals surface area contributed by atoms with Gasteiger partial charge in [-0.15, -0.1) is 0 Å². The van der Waals surface area contributed by atoms with Gasteiger partial charge in [0.15, 0.2) is 0 Å². The normalized spacial score (nSPS) is 21.9. The lowest BCUT2D eigenvalue weighted by molar-refractivity contribution is 0.155. The van der Waals surface area contributed by atoms with Crippen LogP contribution in [0.1, 0.15) is 11.7 Å². The maximum atomic E-state index is 6.00. The fourth-order valence-corrected chi connectivity index (χ4v) is 3.22. The van der Waals surface area contributed by atoms with Crippen molar-refractivity contribution >= 4 is 23.0 Å². The molecule has 1 aromatic carbocycles. The molecule has 5 nitrogen and oxygen atoms in total. The van der Waals surface area contributed by atoms with Crippen molar-refractivity contribution in [3.05, 3.63) is 53.3 Å². The second-order valence-corrected chi connectivity index (χ2v) is 6.00. The number of fused-ring (bicyclic) bond motifs is 1. The van der Waals surface area contributed by atoms with Gasteiger partial charge in [-0.1, -0.05) is 11.6 Å². The Labute approximate surface area is 134 Å². The van der Waals surface area contributed by atoms with E-state index in [-0.39, 0.29) is 6.17 Å². The molecule has 2 N–H and O–H groups in total. The van der Waals surface area contributed by atoms with Gasteiger partial charge < -0.3 is 5.32 Å². The third-order valence-electron chi connectivity index (χ3n) is 4.22. The highest BCUT2D eigenvalue weighted by molar-refractivity contribution is 6.30. The molecule has 3 heterocycles. The van der Waals surface area contributed by atoms with E-state index >= 15 is 0 Å². The Balaban J connectivity index is 1.68. The summed E-state index contributed by atoms with van der Waals surface area (Å²) in [5.41, 5.74) is 7.05. The molecule has 4 rings (SSSR count). The Morgan fingerprint density at radius 3 is 2.64 bits per heavy atom. The molecule has 1 saturated heterocycles. The summed E-state index contributed by atoms with van der Waals surface area (Å²) >= 11 is 6.00. The summed E-state index contributed by atoms with van der Waals surface area (Å²) in [6.45, 7) is 4.13. The van der Waals surface area contributed by atoms with Gasteiger partial charge in [-0.3, -0.25) is 14.9 Å². The van der Waals surface area contributed by atoms with E-state index < -0.39 is 0 Å². The van der Waals surface area contributed by atoms with Crippen LogP contribution in [-0.4, -0.2) is 36.1 Å². The van der Waals surface area contributed by atoms with Crippen LogP contribution in [0.4, 0.5) is 11.4 Å². The molecule has 1 unspecified atom stereocenters. The molecular formula is C16H18ClN5. The van der Waals surface area contributed by atoms with Crippen LogP contribution in [0.25, 0.3) is 0 Å². The van der Waals surface area contributed by atoms with Crippen molar-refractivity contribution in [3.63, 3.8) is 0 Å². The number of nitrogens with zero attached hydrogens (tertiary/aromatic N) is 3. The quantitative estimate of drug-likeness (QED) is 0.890. The van der Waals surface area contributed by atoms with Gasteiger partial charge in [0.25, 0.3) is 0 Å². The number of pyridine rings is 1. The molecule has 0 saturated carbocycles. The number of hydrazine groups is 1. The van der Waals surface area contributed by atoms with Crippen molar-refractivity contribution in [3.8, 4) is 0 Å². The molecule has 2 aromatic rings. The minimum absolute atomic E-state index is 0.191. The first-order chi connectivity index (χ1) is 10.8. The molecule has 0 aliphatic carbocycles. The van der Waals surface area contributed by atoms with Crippen molar-refractivity contribution in [2.45, 2.75) is 6.17 Å². The first kappa shape index (κ1) is 14.0. The molecule has 22 heavy (non-hydrogen) atoms. The van der Waals surface area contributed by atoms with Crippen LogP contribution in [0.2, 0.25) is 5.02 Å². The van der Waals surface area contributed by atoms with E-state index in [2.05, 4.69) is 31.7 Å². The number of rotatable bonds is 2. The lowest BCUT2D eigenvalue weighted by Gasteiger charge is -2.33. The Kier molecular flexibility index (Phi) is 3.72. The molecule has 114 valence electrons. The number of anilines is 2. The molecule has 0 spiro atoms. The summed E-state index contributed by atoms with van der Waals surface area (Å²) in [7, 11) is 0. The molecule has 1 fully saturated rings. The summed E-state index contributed by atoms with van der Waals surface area (Å²) < 4.78 is 0. The zero-order valence-electron chi connectivity index (χ0n) is 12.2. The van der Waals surface area contributed by atoms with Crippen LogP contribution in [0.15, 0.2) is 42.7 Å². The number of aromatic nitrogens is 1. The van der Waals surface area contributed by atoms with Gasteiger partial charge in [0.2, 0.25) is 0 Å². The Morgan fingerprint density at radius 1 is 1.09 bits per heavy atom. The van der Waals surface area contributed by atoms with Crippen molar-refractivity contribution in [1.29, 1.82) is 0 Å². The molecular weight excluding hydrogens is 298 g/mol. The van der Waals surface area contributed by atoms with Crippen LogP contribution < -0.4 is 15.8 Å². The largest absolute Gasteiger partial charge is 0.314 e. The van der Waals surface area contributed by atoms with Crippen molar-refractivity contribution < 1.29 is 0 Å². The molecule has 2 aliphatic heterocycles. The third-order valence-corrected chi connectivity index (χ3v) is 4.47. The van der Waals surface area contributed by atoms with Crippen LogP contribution in [0.3, 0.4) is 0 Å². The lowest BCUT2D eigenvalue weighted by atomic mass is 10.1. The van der Waals surface area contributed by atoms with Crippen LogP contribution in [0.5, 0.6) is 0 Å². The highest BCUT2D eigenvalue weighted by Gasteiger charge is 2.33. The maximum Gasteiger partial charge on any atom is 0.106 e. The van der Waals surface area contributed by atoms with Crippen molar-refractivity contribution in [2.24, 2.45) is 0 Å². The predicted octanol–water partition coefficient (Wildman–Crippen LogP) is 2.30. The first-order valence-corrected chi connectivity index (χ1v) is 7.91. The number of hydrogen-bond acceptors (Lipinski definition) is 5. The van der Waals surface area contributed by atoms with E-state index in [4.69, 9.17) is 11.6 Å². The fraction of sp³-hybridized carbons (Fsp3) is 0.312. The summed E-state index contributed by atoms with van der Waals surface area (Å²) in [6, 6.07) is 9.96. The Bertz CT molecular complexity index is 654. The highest BCUT2D eigenvalue weighted by atomic mass is 35.5. The molecule has 1 atom stereocenters. The van der Waals surface area contributed by atoms with Crippen molar-refractivity contribution in [1.82, 2.24) is 20.6 Å². The van der Waals surface area contributed by atoms with Gasteiger partial charge in [0, 0.05) is 43.0 Å². The molecule has 2 aliphatic rings. The molecule has 0 bridgehead atoms. The monoisotopic (exact) mass is 315 g/mol. The summed E-state index contributed by atoms with van der Waals surface area (Å²) in [5, 5.41) is 6.25. The number of benzene rings is 1. The number of halogens is 1. The topological polar surface area (TPSA) is 43.4 Å². The Morgan fingerprint density at radius 2 is 1.86 bits per heavy atom. The highest BCUT2D eigenvalue weighted by Crippen LogP contribution is 2.38. The SMILES string of the molecule is Clc1ccc(N2NC(N3CCNCC3)c3ccncc32)cc1. The lowest BCUT2D eigenvalue weighted by Crippen LogP contribution is -2.49. The maximum absolute atomic E-state index is 6.00. The molecule has 1 aromatic heterocycles. The van der Waals surface area contributed by atoms with E-state index in [0.29, 0.717) is 0 Å². The van der Waals surface area contributed by atoms with Gasteiger partial charge in [-0.25, -0.2) is 5.43 Å². The second kappa shape index (κ2) is 5.85. The predicted molar refractivity (Wildman–Crippen MR) is 88.1 cm³/mol. The third kappa shape index (κ3) is 2.46. The van der Waals surface area contributed by atoms with Gasteiger partial charge in [-0.05, 0) is 30.3 Å². The van der Waals surface area contributed by atoms with E-state index in [1.165, 1.54) is 5.56 Å². The summed E-state index contributed by atoms with van der Waals surface area (Å²) in [5.74, 6) is 0. The van der Waals surface area contributed by atoms with Crippen LogP contribution in [0, 0.1) is 0 Å². The minimum Gasteiger partial charge on any atom is -0.314 e. The average Bonchev–Trinajstić information content (AvgIpc) is 2.96. The zero-order valence-corrected chi connectivity index (χ0v) is 12.9. The van der Waals surface area contributed by atoms with E-state index in [1.54, 1.807) is 0 Å². The van der Waals surface area contributed by atoms with Gasteiger partial charge in [0.1, 0.15) is 6.17 Å². The second-order valence-electron chi connectivity index (χ2n) is 5.56. The standard InChI is InChI=1S/C16H18ClN5/c17-12-1-3-13(4-2-12)22-15-11-19-6-5-14(15)16(20-22)21-9-7-18-8-10-21/h1-6,11,16,18,20H,7-10H2. The first-order valence-electron chi connectivity index (χ1n) is 7.53. The van der Waals surface area contributed by atoms with Gasteiger partial charge in [0.05, 0.1) is 17.6 Å². The van der Waals surface area contributed by atoms with Crippen molar-refractivity contribution in [2.75, 3.05) is 31.2 Å². The number of piperazine rings is 1. The smallest absolute Gasteiger partial charge is 0.106 e. The average molecular weight is 316 g/mol. The van der Waals surface area contributed by atoms with Gasteiger partial charge >= 0.3 is 0 Å². The Hall–Kier alpha value is -1.66. The minimum atomic E-state index is 0.191. The fourth-order valence-electron chi connectivity index (χ4n) is 3.10. The van der Waals surface area contributed by atoms with E-state index in [1.807, 2.05) is 36.7 Å². The molecule has 0 radical (unpaired) electrons. The van der Waals surface area contributed by atoms with Crippen LogP contribution in [-0.2, 0) is 0 Å². The van der Waals surface area contributed by atoms with E-state index in [0.717, 1.165) is 42.6 Å². The number of hydrogen-bond donors (Lipinski definition) is 2. The zero-order chi connectivity index (χ0) is 14.9.